The van der Waals surface area contributed by atoms with Crippen molar-refractivity contribution < 1.29 is 9.47 Å². The maximum absolute atomic E-state index is 6.18. The molecule has 132 valence electrons. The van der Waals surface area contributed by atoms with E-state index in [1.165, 1.54) is 0 Å². The smallest absolute Gasteiger partial charge is 0.204 e. The molecule has 1 N–H and O–H groups in total. The molecule has 2 heterocycles. The third kappa shape index (κ3) is 2.57. The molecular weight excluding hydrogens is 354 g/mol. The summed E-state index contributed by atoms with van der Waals surface area (Å²) in [6.45, 7) is 1.90. The third-order valence-electron chi connectivity index (χ3n) is 4.12. The molecule has 8 heteroatoms. The van der Waals surface area contributed by atoms with Crippen LogP contribution in [0.15, 0.2) is 36.4 Å². The highest BCUT2D eigenvalue weighted by Crippen LogP contribution is 2.37. The molecule has 7 nitrogen and oxygen atoms in total. The summed E-state index contributed by atoms with van der Waals surface area (Å²) in [5, 5.41) is 12.2. The van der Waals surface area contributed by atoms with Crippen molar-refractivity contribution in [2.24, 2.45) is 0 Å². The maximum atomic E-state index is 6.18. The zero-order valence-corrected chi connectivity index (χ0v) is 15.2. The van der Waals surface area contributed by atoms with Crippen LogP contribution in [0, 0.1) is 6.92 Å². The molecule has 0 unspecified atom stereocenters. The molecule has 2 aromatic carbocycles. The van der Waals surface area contributed by atoms with Crippen LogP contribution in [-0.4, -0.2) is 33.8 Å². The number of para-hydroxylation sites is 2. The molecule has 0 aliphatic rings. The summed E-state index contributed by atoms with van der Waals surface area (Å²) in [5.74, 6) is 2.44. The van der Waals surface area contributed by atoms with E-state index in [1.54, 1.807) is 26.4 Å². The van der Waals surface area contributed by atoms with Gasteiger partial charge in [0, 0.05) is 12.1 Å². The molecule has 0 aliphatic heterocycles. The van der Waals surface area contributed by atoms with Crippen LogP contribution in [-0.2, 0) is 0 Å². The van der Waals surface area contributed by atoms with E-state index in [-0.39, 0.29) is 0 Å². The van der Waals surface area contributed by atoms with Crippen LogP contribution in [0.2, 0.25) is 5.02 Å². The number of methoxy groups -OCH3 is 2. The number of ether oxygens (including phenoxy) is 2. The van der Waals surface area contributed by atoms with Crippen LogP contribution in [0.4, 0.5) is 11.5 Å². The summed E-state index contributed by atoms with van der Waals surface area (Å²) in [6.07, 6.45) is 0. The normalized spacial score (nSPS) is 11.1. The Kier molecular flexibility index (Phi) is 4.00. The van der Waals surface area contributed by atoms with Gasteiger partial charge in [0.2, 0.25) is 5.65 Å². The Morgan fingerprint density at radius 3 is 2.58 bits per heavy atom. The molecule has 0 saturated carbocycles. The Morgan fingerprint density at radius 2 is 1.81 bits per heavy atom. The zero-order valence-electron chi connectivity index (χ0n) is 14.4. The monoisotopic (exact) mass is 369 g/mol. The molecule has 26 heavy (non-hydrogen) atoms. The number of hydrogen-bond donors (Lipinski definition) is 1. The summed E-state index contributed by atoms with van der Waals surface area (Å²) in [7, 11) is 3.14. The largest absolute Gasteiger partial charge is 0.495 e. The highest BCUT2D eigenvalue weighted by molar-refractivity contribution is 6.32. The Morgan fingerprint density at radius 1 is 1.04 bits per heavy atom. The van der Waals surface area contributed by atoms with Gasteiger partial charge in [-0.2, -0.15) is 0 Å². The lowest BCUT2D eigenvalue weighted by atomic mass is 10.2. The first kappa shape index (κ1) is 16.4. The van der Waals surface area contributed by atoms with Crippen molar-refractivity contribution in [3.63, 3.8) is 0 Å². The van der Waals surface area contributed by atoms with E-state index in [9.17, 15) is 0 Å². The van der Waals surface area contributed by atoms with Gasteiger partial charge in [-0.1, -0.05) is 23.7 Å². The first-order valence-corrected chi connectivity index (χ1v) is 8.29. The first-order chi connectivity index (χ1) is 12.6. The zero-order chi connectivity index (χ0) is 18.3. The maximum Gasteiger partial charge on any atom is 0.204 e. The van der Waals surface area contributed by atoms with Crippen molar-refractivity contribution in [3.05, 3.63) is 47.2 Å². The number of aromatic nitrogens is 4. The lowest BCUT2D eigenvalue weighted by molar-refractivity contribution is 0.405. The molecule has 0 bridgehead atoms. The molecule has 0 spiro atoms. The van der Waals surface area contributed by atoms with Crippen LogP contribution in [0.5, 0.6) is 11.5 Å². The molecule has 0 radical (unpaired) electrons. The van der Waals surface area contributed by atoms with E-state index < -0.39 is 0 Å². The number of nitrogens with zero attached hydrogens (tertiary/aromatic N) is 4. The summed E-state index contributed by atoms with van der Waals surface area (Å²) in [6, 6.07) is 11.3. The van der Waals surface area contributed by atoms with E-state index in [0.29, 0.717) is 33.7 Å². The second-order valence-corrected chi connectivity index (χ2v) is 6.07. The van der Waals surface area contributed by atoms with Crippen LogP contribution in [0.1, 0.15) is 5.82 Å². The molecule has 4 rings (SSSR count). The van der Waals surface area contributed by atoms with Gasteiger partial charge in [-0.05, 0) is 19.1 Å². The Bertz CT molecular complexity index is 1130. The van der Waals surface area contributed by atoms with E-state index in [0.717, 1.165) is 16.9 Å². The summed E-state index contributed by atoms with van der Waals surface area (Å²) in [4.78, 5) is 4.70. The molecule has 0 amide bonds. The summed E-state index contributed by atoms with van der Waals surface area (Å²) < 4.78 is 12.7. The molecule has 0 fully saturated rings. The van der Waals surface area contributed by atoms with Crippen molar-refractivity contribution in [2.45, 2.75) is 6.92 Å². The molecule has 4 aromatic rings. The molecule has 0 atom stereocenters. The van der Waals surface area contributed by atoms with Crippen LogP contribution < -0.4 is 14.8 Å². The minimum Gasteiger partial charge on any atom is -0.495 e. The van der Waals surface area contributed by atoms with Crippen LogP contribution >= 0.6 is 11.6 Å². The predicted octanol–water partition coefficient (Wildman–Crippen LogP) is 4.00. The number of halogens is 1. The molecule has 0 aliphatic carbocycles. The Labute approximate surface area is 154 Å². The average Bonchev–Trinajstić information content (AvgIpc) is 3.05. The minimum atomic E-state index is 0.463. The van der Waals surface area contributed by atoms with Gasteiger partial charge >= 0.3 is 0 Å². The molecule has 2 aromatic heterocycles. The van der Waals surface area contributed by atoms with Gasteiger partial charge in [-0.3, -0.25) is 4.40 Å². The van der Waals surface area contributed by atoms with Crippen LogP contribution in [0.25, 0.3) is 16.7 Å². The Balaban J connectivity index is 1.92. The van der Waals surface area contributed by atoms with Crippen molar-refractivity contribution in [2.75, 3.05) is 19.5 Å². The van der Waals surface area contributed by atoms with E-state index in [4.69, 9.17) is 26.1 Å². The molecule has 0 saturated heterocycles. The van der Waals surface area contributed by atoms with Crippen molar-refractivity contribution >= 4 is 39.8 Å². The lowest BCUT2D eigenvalue weighted by Crippen LogP contribution is -2.02. The number of hydrogen-bond acceptors (Lipinski definition) is 6. The SMILES string of the molecule is COc1cc(Nc2nc3ccccc3n3c(C)nnc23)c(OC)cc1Cl. The number of nitrogens with one attached hydrogen (secondary N) is 1. The van der Waals surface area contributed by atoms with Crippen molar-refractivity contribution in [1.82, 2.24) is 19.6 Å². The fourth-order valence-corrected chi connectivity index (χ4v) is 3.12. The summed E-state index contributed by atoms with van der Waals surface area (Å²) in [5.41, 5.74) is 3.05. The van der Waals surface area contributed by atoms with Crippen LogP contribution in [0.3, 0.4) is 0 Å². The standard InChI is InChI=1S/C18H16ClN5O2/c1-10-22-23-18-17(20-12-6-4-5-7-14(12)24(10)18)21-13-9-15(25-2)11(19)8-16(13)26-3/h4-9H,1-3H3,(H,20,21). The second kappa shape index (κ2) is 6.34. The Hall–Kier alpha value is -3.06. The fraction of sp³-hybridized carbons (Fsp3) is 0.167. The van der Waals surface area contributed by atoms with Crippen molar-refractivity contribution in [3.8, 4) is 11.5 Å². The van der Waals surface area contributed by atoms with Gasteiger partial charge in [-0.25, -0.2) is 4.98 Å². The number of fused-ring (bicyclic) bond motifs is 3. The highest BCUT2D eigenvalue weighted by atomic mass is 35.5. The van der Waals surface area contributed by atoms with Gasteiger partial charge in [0.1, 0.15) is 17.3 Å². The first-order valence-electron chi connectivity index (χ1n) is 7.91. The number of rotatable bonds is 4. The molecular formula is C18H16ClN5O2. The number of aryl methyl sites for hydroxylation is 1. The topological polar surface area (TPSA) is 73.6 Å². The van der Waals surface area contributed by atoms with Gasteiger partial charge in [0.05, 0.1) is 36.0 Å². The van der Waals surface area contributed by atoms with Gasteiger partial charge in [0.15, 0.2) is 5.82 Å². The quantitative estimate of drug-likeness (QED) is 0.586. The number of benzene rings is 2. The fourth-order valence-electron chi connectivity index (χ4n) is 2.89. The van der Waals surface area contributed by atoms with E-state index in [1.807, 2.05) is 35.6 Å². The van der Waals surface area contributed by atoms with Crippen molar-refractivity contribution in [1.29, 1.82) is 0 Å². The minimum absolute atomic E-state index is 0.463. The lowest BCUT2D eigenvalue weighted by Gasteiger charge is -2.14. The number of anilines is 2. The average molecular weight is 370 g/mol. The second-order valence-electron chi connectivity index (χ2n) is 5.67. The van der Waals surface area contributed by atoms with Gasteiger partial charge in [0.25, 0.3) is 0 Å². The van der Waals surface area contributed by atoms with E-state index >= 15 is 0 Å². The third-order valence-corrected chi connectivity index (χ3v) is 4.41. The predicted molar refractivity (Wildman–Crippen MR) is 101 cm³/mol. The van der Waals surface area contributed by atoms with E-state index in [2.05, 4.69) is 15.5 Å². The summed E-state index contributed by atoms with van der Waals surface area (Å²) >= 11 is 6.18. The van der Waals surface area contributed by atoms with Gasteiger partial charge in [-0.15, -0.1) is 10.2 Å². The highest BCUT2D eigenvalue weighted by Gasteiger charge is 2.16. The van der Waals surface area contributed by atoms with Gasteiger partial charge < -0.3 is 14.8 Å².